The van der Waals surface area contributed by atoms with Gasteiger partial charge in [0.25, 0.3) is 5.91 Å². The minimum atomic E-state index is -1.05. The van der Waals surface area contributed by atoms with Crippen LogP contribution in [0.4, 0.5) is 13.9 Å². The van der Waals surface area contributed by atoms with Crippen molar-refractivity contribution in [3.8, 4) is 11.1 Å². The Morgan fingerprint density at radius 3 is 2.79 bits per heavy atom. The number of aromatic nitrogens is 5. The molecular weight excluding hydrogens is 603 g/mol. The number of amides is 1. The number of carbonyl (C=O) groups excluding carboxylic acids is 1. The van der Waals surface area contributed by atoms with Crippen molar-refractivity contribution in [3.05, 3.63) is 81.4 Å². The number of rotatable bonds is 6. The first kappa shape index (κ1) is 27.5. The number of anilines is 1. The third-order valence-corrected chi connectivity index (χ3v) is 9.37. The lowest BCUT2D eigenvalue weighted by Gasteiger charge is -2.27. The van der Waals surface area contributed by atoms with Crippen LogP contribution in [0.2, 0.25) is 10.0 Å². The number of carbonyl (C=O) groups is 1. The molecule has 1 fully saturated rings. The highest BCUT2D eigenvalue weighted by Gasteiger charge is 2.35. The van der Waals surface area contributed by atoms with Crippen molar-refractivity contribution in [1.82, 2.24) is 29.6 Å². The molecule has 2 aliphatic rings. The third-order valence-electron chi connectivity index (χ3n) is 7.99. The highest BCUT2D eigenvalue weighted by Crippen LogP contribution is 2.40. The van der Waals surface area contributed by atoms with Crippen molar-refractivity contribution in [3.63, 3.8) is 0 Å². The van der Waals surface area contributed by atoms with Crippen LogP contribution in [0.3, 0.4) is 0 Å². The van der Waals surface area contributed by atoms with E-state index in [1.807, 2.05) is 24.3 Å². The lowest BCUT2D eigenvalue weighted by molar-refractivity contribution is -0.118. The average molecular weight is 629 g/mol. The summed E-state index contributed by atoms with van der Waals surface area (Å²) in [4.78, 5) is 22.3. The molecule has 5 aromatic rings. The highest BCUT2D eigenvalue weighted by atomic mass is 35.5. The van der Waals surface area contributed by atoms with Gasteiger partial charge in [0.1, 0.15) is 17.9 Å². The number of nitrogens with one attached hydrogen (secondary N) is 2. The minimum absolute atomic E-state index is 0.151. The average Bonchev–Trinajstić information content (AvgIpc) is 3.78. The predicted molar refractivity (Wildman–Crippen MR) is 160 cm³/mol. The molecule has 0 saturated carbocycles. The summed E-state index contributed by atoms with van der Waals surface area (Å²) >= 11 is 15.0. The van der Waals surface area contributed by atoms with Crippen LogP contribution in [0.15, 0.2) is 54.4 Å². The van der Waals surface area contributed by atoms with Crippen molar-refractivity contribution in [2.75, 3.05) is 18.4 Å². The number of halogens is 4. The first-order valence-electron chi connectivity index (χ1n) is 13.6. The first-order valence-corrected chi connectivity index (χ1v) is 15.2. The number of benzene rings is 2. The fourth-order valence-corrected chi connectivity index (χ4v) is 7.00. The van der Waals surface area contributed by atoms with E-state index in [4.69, 9.17) is 28.3 Å². The van der Waals surface area contributed by atoms with Gasteiger partial charge in [-0.05, 0) is 30.2 Å². The van der Waals surface area contributed by atoms with Gasteiger partial charge in [-0.25, -0.2) is 18.7 Å². The number of alkyl halides is 2. The molecule has 1 amide bonds. The van der Waals surface area contributed by atoms with E-state index in [0.717, 1.165) is 24.1 Å². The van der Waals surface area contributed by atoms with Gasteiger partial charge in [-0.3, -0.25) is 14.8 Å². The van der Waals surface area contributed by atoms with Gasteiger partial charge < -0.3 is 9.88 Å². The largest absolute Gasteiger partial charge is 0.331 e. The molecule has 7 rings (SSSR count). The number of thiazole rings is 1. The van der Waals surface area contributed by atoms with Crippen LogP contribution in [0.1, 0.15) is 35.3 Å². The quantitative estimate of drug-likeness (QED) is 0.234. The van der Waals surface area contributed by atoms with Crippen molar-refractivity contribution >= 4 is 56.5 Å². The zero-order valence-corrected chi connectivity index (χ0v) is 24.4. The fraction of sp³-hybridized carbons (Fsp3) is 0.310. The number of hydrogen-bond acceptors (Lipinski definition) is 6. The van der Waals surface area contributed by atoms with Crippen molar-refractivity contribution in [2.24, 2.45) is 0 Å². The molecule has 2 unspecified atom stereocenters. The van der Waals surface area contributed by atoms with E-state index >= 15 is 0 Å². The molecule has 0 bridgehead atoms. The Morgan fingerprint density at radius 1 is 1.19 bits per heavy atom. The lowest BCUT2D eigenvalue weighted by atomic mass is 9.88. The van der Waals surface area contributed by atoms with Crippen LogP contribution in [-0.2, 0) is 17.8 Å². The Morgan fingerprint density at radius 2 is 2.02 bits per heavy atom. The molecule has 2 aromatic carbocycles. The Kier molecular flexibility index (Phi) is 7.21. The smallest absolute Gasteiger partial charge is 0.257 e. The van der Waals surface area contributed by atoms with Crippen molar-refractivity contribution in [1.29, 1.82) is 0 Å². The summed E-state index contributed by atoms with van der Waals surface area (Å²) < 4.78 is 32.0. The molecule has 0 spiro atoms. The van der Waals surface area contributed by atoms with Crippen LogP contribution < -0.4 is 10.6 Å². The summed E-state index contributed by atoms with van der Waals surface area (Å²) in [5, 5.41) is 14.2. The molecule has 216 valence electrons. The predicted octanol–water partition coefficient (Wildman–Crippen LogP) is 6.20. The van der Waals surface area contributed by atoms with Crippen LogP contribution >= 0.6 is 34.5 Å². The zero-order chi connectivity index (χ0) is 29.0. The van der Waals surface area contributed by atoms with Crippen LogP contribution in [0, 0.1) is 0 Å². The molecule has 2 aliphatic heterocycles. The second kappa shape index (κ2) is 11.0. The molecule has 2 N–H and O–H groups in total. The summed E-state index contributed by atoms with van der Waals surface area (Å²) in [5.41, 5.74) is 3.88. The molecule has 0 radical (unpaired) electrons. The topological polar surface area (TPSA) is 89.7 Å². The van der Waals surface area contributed by atoms with Crippen molar-refractivity contribution in [2.45, 2.75) is 43.7 Å². The van der Waals surface area contributed by atoms with Gasteiger partial charge in [-0.1, -0.05) is 47.5 Å². The van der Waals surface area contributed by atoms with Crippen LogP contribution in [0.25, 0.3) is 22.0 Å². The standard InChI is InChI=1S/C29H25Cl2F2N7OS/c30-21-10-19(16-3-1-15(2-4-16)18-5-6-34-11-22(18)33)24(31)25-20(21)13-40(38-25)27(28(41)37-29-35-7-8-42-29)26-23-9-17(32)12-39(23)14-36-26/h1-4,7-8,10,13-14,17-18,22,27,34H,5-6,9,11-12H2,(H,35,37,41)/t17?,18-,22+,27?/m1/s1. The van der Waals surface area contributed by atoms with E-state index < -0.39 is 24.3 Å². The zero-order valence-electron chi connectivity index (χ0n) is 22.1. The number of imidazole rings is 1. The summed E-state index contributed by atoms with van der Waals surface area (Å²) in [6, 6.07) is 8.44. The Bertz CT molecular complexity index is 1770. The molecular formula is C29H25Cl2F2N7OS. The minimum Gasteiger partial charge on any atom is -0.331 e. The SMILES string of the molecule is O=C(Nc1nccs1)C(c1ncn2c1CC(F)C2)n1cc2c(Cl)cc(-c3ccc([C@H]4CCNC[C@@H]4F)cc3)c(Cl)c2n1. The maximum Gasteiger partial charge on any atom is 0.257 e. The second-order valence-corrected chi connectivity index (χ2v) is 12.3. The summed E-state index contributed by atoms with van der Waals surface area (Å²) in [7, 11) is 0. The van der Waals surface area contributed by atoms with E-state index in [1.54, 1.807) is 34.7 Å². The molecule has 1 saturated heterocycles. The maximum absolute atomic E-state index is 14.5. The Hall–Kier alpha value is -3.38. The number of piperidine rings is 1. The van der Waals surface area contributed by atoms with Gasteiger partial charge in [0.15, 0.2) is 11.2 Å². The fourth-order valence-electron chi connectivity index (χ4n) is 5.92. The maximum atomic E-state index is 14.5. The number of fused-ring (bicyclic) bond motifs is 2. The first-order chi connectivity index (χ1) is 20.4. The summed E-state index contributed by atoms with van der Waals surface area (Å²) in [6.07, 6.45) is 3.71. The third kappa shape index (κ3) is 4.88. The summed E-state index contributed by atoms with van der Waals surface area (Å²) in [6.45, 7) is 1.33. The van der Waals surface area contributed by atoms with Gasteiger partial charge in [-0.15, -0.1) is 11.3 Å². The highest BCUT2D eigenvalue weighted by molar-refractivity contribution is 7.13. The van der Waals surface area contributed by atoms with Gasteiger partial charge in [0.05, 0.1) is 28.6 Å². The molecule has 13 heteroatoms. The molecule has 0 aliphatic carbocycles. The molecule has 3 aromatic heterocycles. The second-order valence-electron chi connectivity index (χ2n) is 10.6. The van der Waals surface area contributed by atoms with Crippen LogP contribution in [-0.4, -0.2) is 55.7 Å². The lowest BCUT2D eigenvalue weighted by Crippen LogP contribution is -2.36. The van der Waals surface area contributed by atoms with Crippen molar-refractivity contribution < 1.29 is 13.6 Å². The number of nitrogens with zero attached hydrogens (tertiary/aromatic N) is 5. The molecule has 8 nitrogen and oxygen atoms in total. The molecule has 42 heavy (non-hydrogen) atoms. The number of hydrogen-bond donors (Lipinski definition) is 2. The summed E-state index contributed by atoms with van der Waals surface area (Å²) in [5.74, 6) is -0.573. The van der Waals surface area contributed by atoms with Crippen LogP contribution in [0.5, 0.6) is 0 Å². The van der Waals surface area contributed by atoms with Gasteiger partial charge in [-0.2, -0.15) is 5.10 Å². The Labute approximate surface area is 253 Å². The normalized spacial score (nSPS) is 21.0. The monoisotopic (exact) mass is 627 g/mol. The van der Waals surface area contributed by atoms with E-state index in [9.17, 15) is 13.6 Å². The van der Waals surface area contributed by atoms with Gasteiger partial charge in [0.2, 0.25) is 0 Å². The molecule has 4 atom stereocenters. The van der Waals surface area contributed by atoms with E-state index in [0.29, 0.717) is 49.6 Å². The Balaban J connectivity index is 1.28. The van der Waals surface area contributed by atoms with Gasteiger partial charge in [0, 0.05) is 53.3 Å². The van der Waals surface area contributed by atoms with Gasteiger partial charge >= 0.3 is 0 Å². The van der Waals surface area contributed by atoms with E-state index in [1.165, 1.54) is 16.0 Å². The van der Waals surface area contributed by atoms with E-state index in [2.05, 4.69) is 20.6 Å². The van der Waals surface area contributed by atoms with E-state index in [-0.39, 0.29) is 18.9 Å². The molecule has 5 heterocycles.